The van der Waals surface area contributed by atoms with Crippen molar-refractivity contribution in [2.45, 2.75) is 51.6 Å². The second-order valence-corrected chi connectivity index (χ2v) is 9.75. The van der Waals surface area contributed by atoms with Gasteiger partial charge in [-0.2, -0.15) is 0 Å². The van der Waals surface area contributed by atoms with Gasteiger partial charge in [0.1, 0.15) is 6.61 Å². The first-order valence-corrected chi connectivity index (χ1v) is 11.6. The average molecular weight is 435 g/mol. The molecule has 4 aliphatic carbocycles. The summed E-state index contributed by atoms with van der Waals surface area (Å²) < 4.78 is 5.83. The van der Waals surface area contributed by atoms with Crippen molar-refractivity contribution in [1.29, 1.82) is 0 Å². The van der Waals surface area contributed by atoms with E-state index >= 15 is 0 Å². The monoisotopic (exact) mass is 434 g/mol. The van der Waals surface area contributed by atoms with E-state index in [9.17, 15) is 9.59 Å². The van der Waals surface area contributed by atoms with Gasteiger partial charge in [0.25, 0.3) is 0 Å². The van der Waals surface area contributed by atoms with E-state index in [1.54, 1.807) is 30.7 Å². The number of nitrogens with zero attached hydrogens (tertiary/aromatic N) is 2. The van der Waals surface area contributed by atoms with Gasteiger partial charge in [0.15, 0.2) is 11.6 Å². The molecule has 0 aromatic carbocycles. The van der Waals surface area contributed by atoms with Gasteiger partial charge in [0.05, 0.1) is 0 Å². The maximum absolute atomic E-state index is 13.0. The Bertz CT molecular complexity index is 943. The number of carbonyl (C=O) groups excluding carboxylic acids is 2. The molecular weight excluding hydrogens is 404 g/mol. The number of hydrogen-bond acceptors (Lipinski definition) is 5. The second kappa shape index (κ2) is 8.88. The first-order valence-electron chi connectivity index (χ1n) is 11.6. The third kappa shape index (κ3) is 4.47. The summed E-state index contributed by atoms with van der Waals surface area (Å²) in [5.41, 5.74) is 0.800. The Hall–Kier alpha value is -2.96. The molecule has 0 unspecified atom stereocenters. The molecule has 2 heterocycles. The number of anilines is 1. The molecule has 4 aliphatic rings. The zero-order valence-corrected chi connectivity index (χ0v) is 18.3. The SMILES string of the molecule is O=C(CCNC(=O)C12CC3CC(CC(C3)C1)C2)Nc1ncccc1OCc1ccncc1. The summed E-state index contributed by atoms with van der Waals surface area (Å²) >= 11 is 0. The maximum Gasteiger partial charge on any atom is 0.227 e. The van der Waals surface area contributed by atoms with E-state index in [1.807, 2.05) is 12.1 Å². The third-order valence-corrected chi connectivity index (χ3v) is 7.33. The number of aromatic nitrogens is 2. The molecule has 0 spiro atoms. The quantitative estimate of drug-likeness (QED) is 0.661. The van der Waals surface area contributed by atoms with Crippen LogP contribution in [-0.4, -0.2) is 28.3 Å². The lowest BCUT2D eigenvalue weighted by molar-refractivity contribution is -0.146. The van der Waals surface area contributed by atoms with E-state index < -0.39 is 0 Å². The smallest absolute Gasteiger partial charge is 0.227 e. The molecule has 4 fully saturated rings. The fraction of sp³-hybridized carbons (Fsp3) is 0.520. The summed E-state index contributed by atoms with van der Waals surface area (Å²) in [4.78, 5) is 33.8. The van der Waals surface area contributed by atoms with Crippen LogP contribution in [0, 0.1) is 23.2 Å². The van der Waals surface area contributed by atoms with Crippen LogP contribution in [0.25, 0.3) is 0 Å². The number of amides is 2. The van der Waals surface area contributed by atoms with Crippen LogP contribution >= 0.6 is 0 Å². The van der Waals surface area contributed by atoms with Crippen molar-refractivity contribution >= 4 is 17.6 Å². The Labute approximate surface area is 188 Å². The molecule has 2 amide bonds. The van der Waals surface area contributed by atoms with Crippen molar-refractivity contribution in [1.82, 2.24) is 15.3 Å². The highest BCUT2D eigenvalue weighted by Gasteiger charge is 2.54. The van der Waals surface area contributed by atoms with Crippen molar-refractivity contribution in [2.24, 2.45) is 23.2 Å². The average Bonchev–Trinajstić information content (AvgIpc) is 2.78. The normalized spacial score (nSPS) is 27.7. The number of carbonyl (C=O) groups is 2. The van der Waals surface area contributed by atoms with Gasteiger partial charge in [-0.15, -0.1) is 0 Å². The van der Waals surface area contributed by atoms with Crippen LogP contribution in [0.4, 0.5) is 5.82 Å². The first kappa shape index (κ1) is 20.9. The van der Waals surface area contributed by atoms with Gasteiger partial charge in [-0.3, -0.25) is 14.6 Å². The van der Waals surface area contributed by atoms with Crippen LogP contribution in [-0.2, 0) is 16.2 Å². The minimum Gasteiger partial charge on any atom is -0.485 e. The predicted octanol–water partition coefficient (Wildman–Crippen LogP) is 3.72. The molecular formula is C25H30N4O3. The van der Waals surface area contributed by atoms with Crippen molar-refractivity contribution in [2.75, 3.05) is 11.9 Å². The highest BCUT2D eigenvalue weighted by Crippen LogP contribution is 2.60. The second-order valence-electron chi connectivity index (χ2n) is 9.75. The molecule has 2 aromatic heterocycles. The third-order valence-electron chi connectivity index (χ3n) is 7.33. The van der Waals surface area contributed by atoms with Gasteiger partial charge < -0.3 is 15.4 Å². The van der Waals surface area contributed by atoms with Gasteiger partial charge in [-0.1, -0.05) is 0 Å². The maximum atomic E-state index is 13.0. The number of pyridine rings is 2. The zero-order valence-electron chi connectivity index (χ0n) is 18.3. The fourth-order valence-corrected chi connectivity index (χ4v) is 6.30. The summed E-state index contributed by atoms with van der Waals surface area (Å²) in [5, 5.41) is 5.88. The molecule has 4 saturated carbocycles. The molecule has 6 rings (SSSR count). The number of ether oxygens (including phenoxy) is 1. The Morgan fingerprint density at radius 1 is 1.00 bits per heavy atom. The van der Waals surface area contributed by atoms with Gasteiger partial charge in [-0.25, -0.2) is 4.98 Å². The molecule has 7 nitrogen and oxygen atoms in total. The summed E-state index contributed by atoms with van der Waals surface area (Å²) in [6.07, 6.45) is 12.3. The molecule has 168 valence electrons. The van der Waals surface area contributed by atoms with E-state index in [1.165, 1.54) is 19.3 Å². The van der Waals surface area contributed by atoms with Crippen LogP contribution in [0.5, 0.6) is 5.75 Å². The fourth-order valence-electron chi connectivity index (χ4n) is 6.30. The topological polar surface area (TPSA) is 93.2 Å². The van der Waals surface area contributed by atoms with Crippen molar-refractivity contribution in [3.05, 3.63) is 48.4 Å². The minimum atomic E-state index is -0.191. The highest BCUT2D eigenvalue weighted by molar-refractivity contribution is 5.91. The van der Waals surface area contributed by atoms with Gasteiger partial charge in [0.2, 0.25) is 11.8 Å². The number of nitrogens with one attached hydrogen (secondary N) is 2. The number of rotatable bonds is 8. The summed E-state index contributed by atoms with van der Waals surface area (Å²) in [5.74, 6) is 3.04. The summed E-state index contributed by atoms with van der Waals surface area (Å²) in [6, 6.07) is 7.30. The van der Waals surface area contributed by atoms with Crippen LogP contribution < -0.4 is 15.4 Å². The molecule has 32 heavy (non-hydrogen) atoms. The molecule has 0 radical (unpaired) electrons. The van der Waals surface area contributed by atoms with Crippen molar-refractivity contribution in [3.63, 3.8) is 0 Å². The molecule has 0 aliphatic heterocycles. The molecule has 7 heteroatoms. The van der Waals surface area contributed by atoms with E-state index in [-0.39, 0.29) is 23.7 Å². The Morgan fingerprint density at radius 3 is 2.38 bits per heavy atom. The lowest BCUT2D eigenvalue weighted by Gasteiger charge is -2.55. The Morgan fingerprint density at radius 2 is 1.69 bits per heavy atom. The van der Waals surface area contributed by atoms with E-state index in [2.05, 4.69) is 20.6 Å². The minimum absolute atomic E-state index is 0.156. The molecule has 2 N–H and O–H groups in total. The summed E-state index contributed by atoms with van der Waals surface area (Å²) in [6.45, 7) is 0.699. The standard InChI is InChI=1S/C25H30N4O3/c30-22(29-23-21(2-1-6-27-23)32-16-17-3-7-26-8-4-17)5-9-28-24(31)25-13-18-10-19(14-25)12-20(11-18)15-25/h1-4,6-8,18-20H,5,9-16H2,(H,28,31)(H,27,29,30). The first-order chi connectivity index (χ1) is 15.6. The van der Waals surface area contributed by atoms with Crippen molar-refractivity contribution in [3.8, 4) is 5.75 Å². The van der Waals surface area contributed by atoms with E-state index in [0.717, 1.165) is 42.6 Å². The number of hydrogen-bond donors (Lipinski definition) is 2. The van der Waals surface area contributed by atoms with E-state index in [4.69, 9.17) is 4.74 Å². The van der Waals surface area contributed by atoms with Gasteiger partial charge in [-0.05, 0) is 86.1 Å². The van der Waals surface area contributed by atoms with Gasteiger partial charge >= 0.3 is 0 Å². The van der Waals surface area contributed by atoms with E-state index in [0.29, 0.717) is 24.7 Å². The van der Waals surface area contributed by atoms with Crippen LogP contribution in [0.3, 0.4) is 0 Å². The van der Waals surface area contributed by atoms with Gasteiger partial charge in [0, 0.05) is 37.0 Å². The molecule has 0 atom stereocenters. The zero-order chi connectivity index (χ0) is 22.0. The summed E-state index contributed by atoms with van der Waals surface area (Å²) in [7, 11) is 0. The lowest BCUT2D eigenvalue weighted by Crippen LogP contribution is -2.53. The molecule has 4 bridgehead atoms. The van der Waals surface area contributed by atoms with Crippen LogP contribution in [0.2, 0.25) is 0 Å². The Balaban J connectivity index is 1.11. The largest absolute Gasteiger partial charge is 0.485 e. The molecule has 0 saturated heterocycles. The van der Waals surface area contributed by atoms with Crippen molar-refractivity contribution < 1.29 is 14.3 Å². The predicted molar refractivity (Wildman–Crippen MR) is 120 cm³/mol. The Kier molecular flexibility index (Phi) is 5.81. The molecule has 2 aromatic rings. The highest BCUT2D eigenvalue weighted by atomic mass is 16.5. The van der Waals surface area contributed by atoms with Crippen LogP contribution in [0.1, 0.15) is 50.5 Å². The lowest BCUT2D eigenvalue weighted by atomic mass is 9.49. The van der Waals surface area contributed by atoms with Crippen LogP contribution in [0.15, 0.2) is 42.9 Å².